The average molecular weight is 383 g/mol. The highest BCUT2D eigenvalue weighted by atomic mass is 16.7. The minimum atomic E-state index is -0.467. The molecule has 1 heterocycles. The van der Waals surface area contributed by atoms with Crippen molar-refractivity contribution < 1.29 is 23.9 Å². The first kappa shape index (κ1) is 19.2. The summed E-state index contributed by atoms with van der Waals surface area (Å²) in [6, 6.07) is 10.5. The number of carbonyl (C=O) groups excluding carboxylic acids is 3. The molecular weight excluding hydrogens is 362 g/mol. The van der Waals surface area contributed by atoms with Crippen molar-refractivity contribution in [1.29, 1.82) is 0 Å². The molecule has 0 spiro atoms. The van der Waals surface area contributed by atoms with E-state index in [0.29, 0.717) is 17.1 Å². The number of fused-ring (bicyclic) bond motifs is 1. The monoisotopic (exact) mass is 383 g/mol. The highest BCUT2D eigenvalue weighted by Gasteiger charge is 2.17. The second-order valence-electron chi connectivity index (χ2n) is 6.34. The molecule has 0 aliphatic carbocycles. The topological polar surface area (TPSA) is 106 Å². The van der Waals surface area contributed by atoms with Crippen molar-refractivity contribution >= 4 is 23.4 Å². The first-order valence-corrected chi connectivity index (χ1v) is 8.74. The molecule has 0 unspecified atom stereocenters. The van der Waals surface area contributed by atoms with Crippen LogP contribution in [0.15, 0.2) is 36.4 Å². The second kappa shape index (κ2) is 8.43. The molecular formula is C20H21N3O5. The van der Waals surface area contributed by atoms with Crippen molar-refractivity contribution in [3.05, 3.63) is 53.1 Å². The molecule has 0 saturated heterocycles. The van der Waals surface area contributed by atoms with E-state index in [9.17, 15) is 14.4 Å². The Labute approximate surface area is 162 Å². The molecule has 1 aliphatic heterocycles. The van der Waals surface area contributed by atoms with E-state index >= 15 is 0 Å². The zero-order chi connectivity index (χ0) is 20.1. The van der Waals surface area contributed by atoms with E-state index in [4.69, 9.17) is 9.47 Å². The molecule has 8 heteroatoms. The van der Waals surface area contributed by atoms with Crippen LogP contribution in [-0.2, 0) is 9.59 Å². The molecule has 0 atom stereocenters. The minimum absolute atomic E-state index is 0.118. The fraction of sp³-hybridized carbons (Fsp3) is 0.250. The van der Waals surface area contributed by atoms with E-state index in [1.165, 1.54) is 0 Å². The van der Waals surface area contributed by atoms with Gasteiger partial charge in [0.15, 0.2) is 11.5 Å². The molecule has 3 N–H and O–H groups in total. The van der Waals surface area contributed by atoms with Gasteiger partial charge in [0.2, 0.25) is 18.6 Å². The third-order valence-corrected chi connectivity index (χ3v) is 4.24. The van der Waals surface area contributed by atoms with Crippen LogP contribution >= 0.6 is 0 Å². The summed E-state index contributed by atoms with van der Waals surface area (Å²) in [5.74, 6) is -0.170. The van der Waals surface area contributed by atoms with Gasteiger partial charge in [0.25, 0.3) is 5.91 Å². The number of ether oxygens (including phenoxy) is 2. The molecule has 146 valence electrons. The van der Waals surface area contributed by atoms with Crippen molar-refractivity contribution in [2.75, 3.05) is 25.2 Å². The zero-order valence-electron chi connectivity index (χ0n) is 15.6. The van der Waals surface area contributed by atoms with Crippen molar-refractivity contribution in [3.63, 3.8) is 0 Å². The van der Waals surface area contributed by atoms with Gasteiger partial charge in [0, 0.05) is 11.3 Å². The van der Waals surface area contributed by atoms with E-state index < -0.39 is 11.8 Å². The van der Waals surface area contributed by atoms with E-state index in [-0.39, 0.29) is 25.8 Å². The number of hydrogen-bond acceptors (Lipinski definition) is 5. The number of hydrogen-bond donors (Lipinski definition) is 3. The molecule has 0 bridgehead atoms. The molecule has 0 radical (unpaired) electrons. The number of carbonyl (C=O) groups is 3. The zero-order valence-corrected chi connectivity index (χ0v) is 15.6. The van der Waals surface area contributed by atoms with E-state index in [0.717, 1.165) is 16.8 Å². The quantitative estimate of drug-likeness (QED) is 0.701. The number of benzene rings is 2. The Morgan fingerprint density at radius 1 is 0.893 bits per heavy atom. The van der Waals surface area contributed by atoms with Gasteiger partial charge < -0.3 is 25.4 Å². The number of anilines is 1. The fourth-order valence-corrected chi connectivity index (χ4v) is 2.74. The van der Waals surface area contributed by atoms with Gasteiger partial charge in [-0.15, -0.1) is 0 Å². The second-order valence-corrected chi connectivity index (χ2v) is 6.34. The highest BCUT2D eigenvalue weighted by Crippen LogP contribution is 2.32. The molecule has 2 aromatic rings. The van der Waals surface area contributed by atoms with Crippen LogP contribution in [-0.4, -0.2) is 37.6 Å². The number of para-hydroxylation sites is 1. The Morgan fingerprint density at radius 3 is 2.32 bits per heavy atom. The number of aryl methyl sites for hydroxylation is 2. The molecule has 1 aliphatic rings. The lowest BCUT2D eigenvalue weighted by Crippen LogP contribution is -2.40. The SMILES string of the molecule is Cc1cccc(C)c1NC(=O)CNC(=O)CNC(=O)c1ccc2c(c1)OCO2. The van der Waals surface area contributed by atoms with Crippen LogP contribution in [0.25, 0.3) is 0 Å². The first-order chi connectivity index (χ1) is 13.4. The molecule has 0 saturated carbocycles. The number of amides is 3. The van der Waals surface area contributed by atoms with Gasteiger partial charge in [-0.25, -0.2) is 0 Å². The summed E-state index contributed by atoms with van der Waals surface area (Å²) in [5, 5.41) is 7.76. The summed E-state index contributed by atoms with van der Waals surface area (Å²) in [6.07, 6.45) is 0. The van der Waals surface area contributed by atoms with Crippen molar-refractivity contribution in [1.82, 2.24) is 10.6 Å². The standard InChI is InChI=1S/C20H21N3O5/c1-12-4-3-5-13(2)19(12)23-18(25)10-21-17(24)9-22-20(26)14-6-7-15-16(8-14)28-11-27-15/h3-8H,9-11H2,1-2H3,(H,21,24)(H,22,26)(H,23,25). The van der Waals surface area contributed by atoms with Gasteiger partial charge in [0.05, 0.1) is 13.1 Å². The normalized spacial score (nSPS) is 11.6. The van der Waals surface area contributed by atoms with E-state index in [1.807, 2.05) is 32.0 Å². The molecule has 3 rings (SSSR count). The maximum atomic E-state index is 12.1. The van der Waals surface area contributed by atoms with Gasteiger partial charge in [-0.05, 0) is 43.2 Å². The summed E-state index contributed by atoms with van der Waals surface area (Å²) in [6.45, 7) is 3.48. The third kappa shape index (κ3) is 4.59. The lowest BCUT2D eigenvalue weighted by atomic mass is 10.1. The van der Waals surface area contributed by atoms with Crippen LogP contribution < -0.4 is 25.4 Å². The maximum absolute atomic E-state index is 12.1. The predicted molar refractivity (Wildman–Crippen MR) is 102 cm³/mol. The van der Waals surface area contributed by atoms with Crippen LogP contribution in [0.2, 0.25) is 0 Å². The minimum Gasteiger partial charge on any atom is -0.454 e. The summed E-state index contributed by atoms with van der Waals surface area (Å²) in [7, 11) is 0. The molecule has 3 amide bonds. The number of rotatable bonds is 6. The average Bonchev–Trinajstić information content (AvgIpc) is 3.15. The summed E-state index contributed by atoms with van der Waals surface area (Å²) in [4.78, 5) is 36.1. The van der Waals surface area contributed by atoms with Gasteiger partial charge >= 0.3 is 0 Å². The lowest BCUT2D eigenvalue weighted by Gasteiger charge is -2.12. The first-order valence-electron chi connectivity index (χ1n) is 8.74. The Bertz CT molecular complexity index is 906. The molecule has 0 aromatic heterocycles. The van der Waals surface area contributed by atoms with Crippen molar-refractivity contribution in [3.8, 4) is 11.5 Å². The molecule has 2 aromatic carbocycles. The Balaban J connectivity index is 1.44. The predicted octanol–water partition coefficient (Wildman–Crippen LogP) is 1.52. The third-order valence-electron chi connectivity index (χ3n) is 4.24. The van der Waals surface area contributed by atoms with Crippen LogP contribution in [0.5, 0.6) is 11.5 Å². The van der Waals surface area contributed by atoms with E-state index in [2.05, 4.69) is 16.0 Å². The molecule has 0 fully saturated rings. The van der Waals surface area contributed by atoms with Gasteiger partial charge in [0.1, 0.15) is 0 Å². The Kier molecular flexibility index (Phi) is 5.78. The van der Waals surface area contributed by atoms with Crippen molar-refractivity contribution in [2.24, 2.45) is 0 Å². The Hall–Kier alpha value is -3.55. The summed E-state index contributed by atoms with van der Waals surface area (Å²) in [5.41, 5.74) is 2.97. The largest absolute Gasteiger partial charge is 0.454 e. The van der Waals surface area contributed by atoms with Gasteiger partial charge in [-0.3, -0.25) is 14.4 Å². The number of nitrogens with one attached hydrogen (secondary N) is 3. The van der Waals surface area contributed by atoms with E-state index in [1.54, 1.807) is 18.2 Å². The van der Waals surface area contributed by atoms with Crippen molar-refractivity contribution in [2.45, 2.75) is 13.8 Å². The Morgan fingerprint density at radius 2 is 1.57 bits per heavy atom. The van der Waals surface area contributed by atoms with Crippen LogP contribution in [0.3, 0.4) is 0 Å². The smallest absolute Gasteiger partial charge is 0.251 e. The fourth-order valence-electron chi connectivity index (χ4n) is 2.74. The van der Waals surface area contributed by atoms with Crippen LogP contribution in [0, 0.1) is 13.8 Å². The lowest BCUT2D eigenvalue weighted by molar-refractivity contribution is -0.123. The van der Waals surface area contributed by atoms with Gasteiger partial charge in [-0.1, -0.05) is 18.2 Å². The summed E-state index contributed by atoms with van der Waals surface area (Å²) < 4.78 is 10.4. The molecule has 28 heavy (non-hydrogen) atoms. The van der Waals surface area contributed by atoms with Crippen LogP contribution in [0.4, 0.5) is 5.69 Å². The molecule has 8 nitrogen and oxygen atoms in total. The van der Waals surface area contributed by atoms with Gasteiger partial charge in [-0.2, -0.15) is 0 Å². The maximum Gasteiger partial charge on any atom is 0.251 e. The summed E-state index contributed by atoms with van der Waals surface area (Å²) >= 11 is 0. The highest BCUT2D eigenvalue weighted by molar-refractivity contribution is 5.98. The van der Waals surface area contributed by atoms with Crippen LogP contribution in [0.1, 0.15) is 21.5 Å².